The van der Waals surface area contributed by atoms with Crippen molar-refractivity contribution in [3.8, 4) is 0 Å². The highest BCUT2D eigenvalue weighted by molar-refractivity contribution is 5.86. The minimum atomic E-state index is -1.06. The maximum atomic E-state index is 13.4. The third-order valence-corrected chi connectivity index (χ3v) is 6.35. The van der Waals surface area contributed by atoms with Crippen molar-refractivity contribution in [3.63, 3.8) is 0 Å². The third kappa shape index (κ3) is 4.55. The molecule has 0 aliphatic carbocycles. The first-order chi connectivity index (χ1) is 14.6. The maximum absolute atomic E-state index is 13.4. The molecule has 3 amide bonds. The number of aryl methyl sites for hydroxylation is 1. The van der Waals surface area contributed by atoms with Crippen molar-refractivity contribution in [2.24, 2.45) is 0 Å². The summed E-state index contributed by atoms with van der Waals surface area (Å²) in [7, 11) is 0. The molecule has 3 rings (SSSR count). The summed E-state index contributed by atoms with van der Waals surface area (Å²) in [6.07, 6.45) is 4.28. The van der Waals surface area contributed by atoms with Crippen molar-refractivity contribution in [2.45, 2.75) is 90.9 Å². The second kappa shape index (κ2) is 8.88. The molecular formula is C22H35N5O4. The molecule has 9 heteroatoms. The quantitative estimate of drug-likeness (QED) is 0.742. The van der Waals surface area contributed by atoms with Crippen molar-refractivity contribution in [2.75, 3.05) is 13.1 Å². The van der Waals surface area contributed by atoms with Gasteiger partial charge < -0.3 is 14.9 Å². The summed E-state index contributed by atoms with van der Waals surface area (Å²) in [4.78, 5) is 47.4. The molecule has 0 aromatic carbocycles. The molecular weight excluding hydrogens is 398 g/mol. The van der Waals surface area contributed by atoms with Crippen molar-refractivity contribution in [1.82, 2.24) is 24.3 Å². The lowest BCUT2D eigenvalue weighted by Crippen LogP contribution is -2.59. The molecule has 0 unspecified atom stereocenters. The van der Waals surface area contributed by atoms with Gasteiger partial charge in [-0.25, -0.2) is 14.6 Å². The first kappa shape index (κ1) is 23.1. The summed E-state index contributed by atoms with van der Waals surface area (Å²) in [6.45, 7) is 10.9. The van der Waals surface area contributed by atoms with Crippen LogP contribution in [0, 0.1) is 6.92 Å². The number of likely N-dealkylation sites (tertiary alicyclic amines) is 1. The molecule has 2 aliphatic rings. The van der Waals surface area contributed by atoms with Crippen LogP contribution < -0.4 is 0 Å². The third-order valence-electron chi connectivity index (χ3n) is 6.35. The lowest BCUT2D eigenvalue weighted by atomic mass is 9.97. The van der Waals surface area contributed by atoms with Crippen molar-refractivity contribution in [1.29, 1.82) is 0 Å². The fraction of sp³-hybridized carbons (Fsp3) is 0.727. The first-order valence-corrected chi connectivity index (χ1v) is 11.2. The molecule has 3 heterocycles. The highest BCUT2D eigenvalue weighted by Gasteiger charge is 2.41. The summed E-state index contributed by atoms with van der Waals surface area (Å²) in [5.41, 5.74) is 0.238. The molecule has 2 aliphatic heterocycles. The average molecular weight is 434 g/mol. The summed E-state index contributed by atoms with van der Waals surface area (Å²) in [5, 5.41) is 9.83. The number of carbonyl (C=O) groups excluding carboxylic acids is 2. The van der Waals surface area contributed by atoms with Crippen LogP contribution in [-0.2, 0) is 11.3 Å². The van der Waals surface area contributed by atoms with Gasteiger partial charge in [-0.05, 0) is 47.0 Å². The molecule has 9 nitrogen and oxygen atoms in total. The van der Waals surface area contributed by atoms with Crippen LogP contribution in [0.2, 0.25) is 0 Å². The number of imidazole rings is 1. The van der Waals surface area contributed by atoms with E-state index in [9.17, 15) is 19.5 Å². The van der Waals surface area contributed by atoms with Crippen LogP contribution in [0.15, 0.2) is 6.20 Å². The molecule has 1 N–H and O–H groups in total. The number of nitrogens with zero attached hydrogens (tertiary/aromatic N) is 5. The number of aromatic nitrogens is 2. The molecule has 1 aromatic rings. The highest BCUT2D eigenvalue weighted by atomic mass is 16.4. The SMILES string of the molecule is CCCC[C@H](C(=O)N1CCC(N2Cc3cnc(C)n3C2=O)CC1)N(C(=O)O)C(C)(C)C. The van der Waals surface area contributed by atoms with Crippen LogP contribution in [0.1, 0.15) is 71.3 Å². The number of carboxylic acid groups (broad SMARTS) is 1. The summed E-state index contributed by atoms with van der Waals surface area (Å²) >= 11 is 0. The number of hydrogen-bond acceptors (Lipinski definition) is 4. The van der Waals surface area contributed by atoms with Gasteiger partial charge in [0.25, 0.3) is 0 Å². The van der Waals surface area contributed by atoms with Gasteiger partial charge in [0.15, 0.2) is 0 Å². The summed E-state index contributed by atoms with van der Waals surface area (Å²) in [5.74, 6) is 0.577. The Kier molecular flexibility index (Phi) is 6.62. The predicted molar refractivity (Wildman–Crippen MR) is 116 cm³/mol. The molecule has 172 valence electrons. The molecule has 1 aromatic heterocycles. The van der Waals surface area contributed by atoms with Crippen LogP contribution in [0.3, 0.4) is 0 Å². The standard InChI is InChI=1S/C22H35N5O4/c1-6-7-8-18(27(21(30)31)22(3,4)5)19(28)24-11-9-16(10-12-24)25-14-17-13-23-15(2)26(17)20(25)29/h13,16,18H,6-12,14H2,1-5H3,(H,30,31)/t18-/m1/s1. The Morgan fingerprint density at radius 1 is 1.29 bits per heavy atom. The van der Waals surface area contributed by atoms with Gasteiger partial charge in [-0.3, -0.25) is 14.3 Å². The normalized spacial score (nSPS) is 18.3. The molecule has 0 spiro atoms. The second-order valence-corrected chi connectivity index (χ2v) is 9.58. The van der Waals surface area contributed by atoms with E-state index in [1.807, 2.05) is 39.5 Å². The highest BCUT2D eigenvalue weighted by Crippen LogP contribution is 2.28. The van der Waals surface area contributed by atoms with E-state index < -0.39 is 17.7 Å². The van der Waals surface area contributed by atoms with Crippen molar-refractivity contribution in [3.05, 3.63) is 17.7 Å². The Morgan fingerprint density at radius 2 is 1.94 bits per heavy atom. The Bertz CT molecular complexity index is 835. The van der Waals surface area contributed by atoms with Gasteiger partial charge in [-0.1, -0.05) is 19.8 Å². The predicted octanol–water partition coefficient (Wildman–Crippen LogP) is 3.30. The van der Waals surface area contributed by atoms with Crippen molar-refractivity contribution < 1.29 is 19.5 Å². The molecule has 1 saturated heterocycles. The summed E-state index contributed by atoms with van der Waals surface area (Å²) < 4.78 is 1.66. The number of carbonyl (C=O) groups is 3. The Balaban J connectivity index is 1.67. The minimum Gasteiger partial charge on any atom is -0.465 e. The fourth-order valence-electron chi connectivity index (χ4n) is 4.78. The Labute approximate surface area is 184 Å². The Hall–Kier alpha value is -2.58. The zero-order valence-electron chi connectivity index (χ0n) is 19.3. The smallest absolute Gasteiger partial charge is 0.408 e. The zero-order valence-corrected chi connectivity index (χ0v) is 19.3. The van der Waals surface area contributed by atoms with Gasteiger partial charge in [0.2, 0.25) is 5.91 Å². The second-order valence-electron chi connectivity index (χ2n) is 9.58. The van der Waals surface area contributed by atoms with E-state index in [0.29, 0.717) is 44.7 Å². The van der Waals surface area contributed by atoms with Gasteiger partial charge >= 0.3 is 12.1 Å². The lowest BCUT2D eigenvalue weighted by molar-refractivity contribution is -0.140. The van der Waals surface area contributed by atoms with E-state index in [-0.39, 0.29) is 18.0 Å². The number of hydrogen-bond donors (Lipinski definition) is 1. The average Bonchev–Trinajstić information content (AvgIpc) is 3.23. The van der Waals surface area contributed by atoms with Gasteiger partial charge in [-0.15, -0.1) is 0 Å². The molecule has 0 bridgehead atoms. The van der Waals surface area contributed by atoms with Gasteiger partial charge in [0.1, 0.15) is 11.9 Å². The number of amides is 3. The van der Waals surface area contributed by atoms with Crippen LogP contribution >= 0.6 is 0 Å². The van der Waals surface area contributed by atoms with E-state index in [0.717, 1.165) is 18.5 Å². The Morgan fingerprint density at radius 3 is 2.45 bits per heavy atom. The maximum Gasteiger partial charge on any atom is 0.408 e. The van der Waals surface area contributed by atoms with Crippen LogP contribution in [0.5, 0.6) is 0 Å². The van der Waals surface area contributed by atoms with E-state index >= 15 is 0 Å². The molecule has 31 heavy (non-hydrogen) atoms. The minimum absolute atomic E-state index is 0.0413. The zero-order chi connectivity index (χ0) is 22.9. The lowest BCUT2D eigenvalue weighted by Gasteiger charge is -2.43. The first-order valence-electron chi connectivity index (χ1n) is 11.2. The van der Waals surface area contributed by atoms with Crippen molar-refractivity contribution >= 4 is 18.0 Å². The molecule has 1 atom stereocenters. The largest absolute Gasteiger partial charge is 0.465 e. The molecule has 0 saturated carbocycles. The van der Waals surface area contributed by atoms with Gasteiger partial charge in [0.05, 0.1) is 18.4 Å². The molecule has 0 radical (unpaired) electrons. The molecule has 1 fully saturated rings. The summed E-state index contributed by atoms with van der Waals surface area (Å²) in [6, 6.07) is -0.652. The number of rotatable bonds is 6. The van der Waals surface area contributed by atoms with Crippen LogP contribution in [0.4, 0.5) is 9.59 Å². The van der Waals surface area contributed by atoms with E-state index in [4.69, 9.17) is 0 Å². The van der Waals surface area contributed by atoms with E-state index in [2.05, 4.69) is 4.98 Å². The van der Waals surface area contributed by atoms with Gasteiger partial charge in [-0.2, -0.15) is 0 Å². The number of unbranched alkanes of at least 4 members (excludes halogenated alkanes) is 1. The van der Waals surface area contributed by atoms with Crippen LogP contribution in [0.25, 0.3) is 0 Å². The van der Waals surface area contributed by atoms with E-state index in [1.165, 1.54) is 4.90 Å². The number of fused-ring (bicyclic) bond motifs is 1. The van der Waals surface area contributed by atoms with Gasteiger partial charge in [0, 0.05) is 24.7 Å². The number of piperidine rings is 1. The fourth-order valence-corrected chi connectivity index (χ4v) is 4.78. The topological polar surface area (TPSA) is 99.0 Å². The van der Waals surface area contributed by atoms with Crippen LogP contribution in [-0.4, -0.2) is 78.1 Å². The monoisotopic (exact) mass is 433 g/mol. The van der Waals surface area contributed by atoms with E-state index in [1.54, 1.807) is 15.7 Å².